The first-order valence-electron chi connectivity index (χ1n) is 3.22. The van der Waals surface area contributed by atoms with Crippen LogP contribution in [0.15, 0.2) is 24.3 Å². The van der Waals surface area contributed by atoms with Gasteiger partial charge >= 0.3 is 0 Å². The van der Waals surface area contributed by atoms with E-state index in [0.29, 0.717) is 0 Å². The van der Waals surface area contributed by atoms with Gasteiger partial charge in [0, 0.05) is 13.2 Å². The summed E-state index contributed by atoms with van der Waals surface area (Å²) in [6.07, 6.45) is 2.97. The maximum Gasteiger partial charge on any atom is 0.0643 e. The number of nitrogens with zero attached hydrogens (tertiary/aromatic N) is 1. The van der Waals surface area contributed by atoms with Crippen LogP contribution in [0, 0.1) is 12.3 Å². The zero-order valence-electron chi connectivity index (χ0n) is 5.76. The van der Waals surface area contributed by atoms with Gasteiger partial charge in [0.2, 0.25) is 0 Å². The van der Waals surface area contributed by atoms with E-state index in [1.165, 1.54) is 5.52 Å². The van der Waals surface area contributed by atoms with Crippen molar-refractivity contribution in [3.63, 3.8) is 0 Å². The Morgan fingerprint density at radius 1 is 1.30 bits per heavy atom. The van der Waals surface area contributed by atoms with Crippen LogP contribution in [0.25, 0.3) is 10.9 Å². The summed E-state index contributed by atoms with van der Waals surface area (Å²) >= 11 is 0. The fourth-order valence-electron chi connectivity index (χ4n) is 1.08. The van der Waals surface area contributed by atoms with Crippen molar-refractivity contribution in [3.8, 4) is 0 Å². The van der Waals surface area contributed by atoms with Crippen molar-refractivity contribution in [2.75, 3.05) is 0 Å². The summed E-state index contributed by atoms with van der Waals surface area (Å²) in [7, 11) is 1.97. The van der Waals surface area contributed by atoms with Gasteiger partial charge in [-0.1, -0.05) is 12.1 Å². The van der Waals surface area contributed by atoms with Gasteiger partial charge in [-0.15, -0.1) is 0 Å². The second kappa shape index (κ2) is 1.78. The highest BCUT2D eigenvalue weighted by Gasteiger charge is 1.90. The number of aromatic nitrogens is 1. The van der Waals surface area contributed by atoms with Gasteiger partial charge in [0.1, 0.15) is 0 Å². The molecule has 0 saturated carbocycles. The van der Waals surface area contributed by atoms with Crippen molar-refractivity contribution < 1.29 is 0 Å². The van der Waals surface area contributed by atoms with E-state index >= 15 is 0 Å². The fourth-order valence-corrected chi connectivity index (χ4v) is 1.08. The van der Waals surface area contributed by atoms with E-state index in [9.17, 15) is 0 Å². The summed E-state index contributed by atoms with van der Waals surface area (Å²) < 4.78 is 1.94. The second-order valence-corrected chi connectivity index (χ2v) is 2.31. The highest BCUT2D eigenvalue weighted by atomic mass is 14.9. The van der Waals surface area contributed by atoms with Gasteiger partial charge in [-0.3, -0.25) is 0 Å². The summed E-state index contributed by atoms with van der Waals surface area (Å²) in [5, 5.41) is 1.13. The molecule has 1 nitrogen and oxygen atoms in total. The van der Waals surface area contributed by atoms with Gasteiger partial charge in [-0.25, -0.2) is 0 Å². The Bertz CT molecular complexity index is 346. The Morgan fingerprint density at radius 2 is 2.10 bits per heavy atom. The Hall–Kier alpha value is -1.42. The lowest BCUT2D eigenvalue weighted by molar-refractivity contribution is 0.970. The van der Waals surface area contributed by atoms with Crippen LogP contribution in [0.5, 0.6) is 0 Å². The smallest absolute Gasteiger partial charge is 0.0643 e. The lowest BCUT2D eigenvalue weighted by Gasteiger charge is -1.90. The van der Waals surface area contributed by atoms with Crippen LogP contribution >= 0.6 is 0 Å². The van der Waals surface area contributed by atoms with Crippen LogP contribution in [0.3, 0.4) is 0 Å². The minimum atomic E-state index is 1.13. The predicted molar refractivity (Wildman–Crippen MR) is 40.6 cm³/mol. The predicted octanol–water partition coefficient (Wildman–Crippen LogP) is 1.78. The largest absolute Gasteiger partial charge is 0.303 e. The zero-order chi connectivity index (χ0) is 6.97. The van der Waals surface area contributed by atoms with Gasteiger partial charge in [-0.2, -0.15) is 0 Å². The van der Waals surface area contributed by atoms with Gasteiger partial charge < -0.3 is 4.57 Å². The molecule has 0 atom stereocenters. The standard InChI is InChI=1S/C9H7N/c1-10-7-6-8-4-2-3-5-9(8)10/h2-5H,1H3. The van der Waals surface area contributed by atoms with Crippen molar-refractivity contribution >= 4 is 10.9 Å². The lowest BCUT2D eigenvalue weighted by Crippen LogP contribution is -1.81. The van der Waals surface area contributed by atoms with Gasteiger partial charge in [-0.05, 0) is 18.2 Å². The van der Waals surface area contributed by atoms with Crippen LogP contribution < -0.4 is 0 Å². The van der Waals surface area contributed by atoms with Crippen LogP contribution in [0.4, 0.5) is 0 Å². The van der Waals surface area contributed by atoms with E-state index in [2.05, 4.69) is 18.3 Å². The van der Waals surface area contributed by atoms with Crippen LogP contribution in [-0.2, 0) is 7.05 Å². The Kier molecular flexibility index (Phi) is 0.956. The quantitative estimate of drug-likeness (QED) is 0.511. The third-order valence-electron chi connectivity index (χ3n) is 1.62. The average Bonchev–Trinajstić information content (AvgIpc) is 2.34. The molecule has 48 valence electrons. The van der Waals surface area contributed by atoms with Crippen LogP contribution in [0.1, 0.15) is 0 Å². The van der Waals surface area contributed by atoms with Crippen LogP contribution in [0.2, 0.25) is 0 Å². The topological polar surface area (TPSA) is 4.93 Å². The minimum Gasteiger partial charge on any atom is -0.303 e. The summed E-state index contributed by atoms with van der Waals surface area (Å²) in [6.45, 7) is 0. The first-order valence-corrected chi connectivity index (χ1v) is 3.22. The summed E-state index contributed by atoms with van der Waals surface area (Å²) in [6, 6.07) is 11.1. The number of para-hydroxylation sites is 1. The molecule has 0 radical (unpaired) electrons. The molecule has 1 heterocycles. The first-order chi connectivity index (χ1) is 4.88. The monoisotopic (exact) mass is 129 g/mol. The Morgan fingerprint density at radius 3 is 2.90 bits per heavy atom. The zero-order valence-corrected chi connectivity index (χ0v) is 5.76. The molecule has 0 bridgehead atoms. The molecular formula is C9H7N. The molecule has 0 amide bonds. The Labute approximate surface area is 59.9 Å². The molecule has 0 fully saturated rings. The SMILES string of the molecule is Cn1c#cc2ccccc21. The highest BCUT2D eigenvalue weighted by Crippen LogP contribution is 2.08. The normalized spacial score (nSPS) is 9.70. The molecule has 0 aliphatic heterocycles. The maximum absolute atomic E-state index is 3.03. The number of fused-ring (bicyclic) bond motifs is 1. The van der Waals surface area contributed by atoms with E-state index < -0.39 is 0 Å². The third-order valence-corrected chi connectivity index (χ3v) is 1.62. The highest BCUT2D eigenvalue weighted by molar-refractivity contribution is 5.77. The molecular weight excluding hydrogens is 122 g/mol. The van der Waals surface area contributed by atoms with Crippen molar-refractivity contribution in [3.05, 3.63) is 36.5 Å². The molecule has 1 heteroatoms. The molecule has 0 aliphatic rings. The lowest BCUT2D eigenvalue weighted by atomic mass is 10.3. The van der Waals surface area contributed by atoms with Crippen molar-refractivity contribution in [1.82, 2.24) is 4.57 Å². The minimum absolute atomic E-state index is 1.13. The van der Waals surface area contributed by atoms with Gasteiger partial charge in [0.15, 0.2) is 0 Å². The van der Waals surface area contributed by atoms with E-state index in [0.717, 1.165) is 5.39 Å². The first kappa shape index (κ1) is 5.37. The van der Waals surface area contributed by atoms with Gasteiger partial charge in [0.05, 0.1) is 10.9 Å². The number of hydrogen-bond donors (Lipinski definition) is 0. The Balaban J connectivity index is 2.93. The summed E-state index contributed by atoms with van der Waals surface area (Å²) in [5.74, 6) is 0. The molecule has 0 N–H and O–H groups in total. The molecule has 1 aromatic carbocycles. The number of benzene rings is 1. The number of rotatable bonds is 0. The van der Waals surface area contributed by atoms with Crippen LogP contribution in [-0.4, -0.2) is 4.57 Å². The molecule has 0 saturated heterocycles. The van der Waals surface area contributed by atoms with E-state index in [-0.39, 0.29) is 0 Å². The van der Waals surface area contributed by atoms with Crippen molar-refractivity contribution in [2.24, 2.45) is 7.05 Å². The van der Waals surface area contributed by atoms with Crippen molar-refractivity contribution in [2.45, 2.75) is 0 Å². The molecule has 0 unspecified atom stereocenters. The molecule has 1 aromatic heterocycles. The number of hydrogen-bond acceptors (Lipinski definition) is 0. The van der Waals surface area contributed by atoms with E-state index in [1.807, 2.05) is 29.8 Å². The fraction of sp³-hybridized carbons (Fsp3) is 0.111. The summed E-state index contributed by atoms with van der Waals surface area (Å²) in [5.41, 5.74) is 1.18. The van der Waals surface area contributed by atoms with E-state index in [1.54, 1.807) is 0 Å². The molecule has 0 spiro atoms. The van der Waals surface area contributed by atoms with E-state index in [4.69, 9.17) is 0 Å². The molecule has 0 aliphatic carbocycles. The molecule has 2 aromatic rings. The second-order valence-electron chi connectivity index (χ2n) is 2.31. The molecule has 2 rings (SSSR count). The molecule has 10 heavy (non-hydrogen) atoms. The summed E-state index contributed by atoms with van der Waals surface area (Å²) in [4.78, 5) is 0. The van der Waals surface area contributed by atoms with Gasteiger partial charge in [0.25, 0.3) is 0 Å². The average molecular weight is 129 g/mol. The maximum atomic E-state index is 3.03. The van der Waals surface area contributed by atoms with Crippen molar-refractivity contribution in [1.29, 1.82) is 0 Å². The number of aryl methyl sites for hydroxylation is 1. The third kappa shape index (κ3) is 0.593.